The predicted octanol–water partition coefficient (Wildman–Crippen LogP) is 1.17. The standard InChI is InChI=1S/C23H28N4O5/c1-3-32-23(31)18-10-7-13-26(14-18)22(30)15-25(2)21(29)16-27-20(28)12-11-19(24-27)17-8-5-4-6-9-17/h4-6,8-9,11-12,18H,3,7,10,13-16H2,1-2H3. The first kappa shape index (κ1) is 23.2. The number of rotatable bonds is 7. The van der Waals surface area contributed by atoms with E-state index < -0.39 is 11.5 Å². The van der Waals surface area contributed by atoms with Crippen molar-refractivity contribution in [3.8, 4) is 11.3 Å². The van der Waals surface area contributed by atoms with Crippen LogP contribution in [0.3, 0.4) is 0 Å². The summed E-state index contributed by atoms with van der Waals surface area (Å²) in [6.45, 7) is 2.48. The van der Waals surface area contributed by atoms with Crippen LogP contribution in [0, 0.1) is 5.92 Å². The van der Waals surface area contributed by atoms with Crippen LogP contribution >= 0.6 is 0 Å². The molecule has 1 aromatic carbocycles. The normalized spacial score (nSPS) is 15.8. The Bertz CT molecular complexity index is 1020. The lowest BCUT2D eigenvalue weighted by Gasteiger charge is -2.32. The van der Waals surface area contributed by atoms with Crippen molar-refractivity contribution in [3.63, 3.8) is 0 Å². The molecule has 1 saturated heterocycles. The molecule has 9 nitrogen and oxygen atoms in total. The summed E-state index contributed by atoms with van der Waals surface area (Å²) in [5.74, 6) is -1.28. The number of benzene rings is 1. The van der Waals surface area contributed by atoms with Crippen molar-refractivity contribution in [1.29, 1.82) is 0 Å². The summed E-state index contributed by atoms with van der Waals surface area (Å²) < 4.78 is 6.17. The second-order valence-corrected chi connectivity index (χ2v) is 7.76. The van der Waals surface area contributed by atoms with E-state index in [0.717, 1.165) is 10.2 Å². The van der Waals surface area contributed by atoms with E-state index in [1.165, 1.54) is 18.0 Å². The summed E-state index contributed by atoms with van der Waals surface area (Å²) in [4.78, 5) is 52.4. The fraction of sp³-hybridized carbons (Fsp3) is 0.435. The number of piperidine rings is 1. The quantitative estimate of drug-likeness (QED) is 0.599. The molecule has 9 heteroatoms. The molecule has 0 saturated carbocycles. The molecule has 170 valence electrons. The Labute approximate surface area is 186 Å². The molecule has 0 radical (unpaired) electrons. The van der Waals surface area contributed by atoms with Gasteiger partial charge in [0.05, 0.1) is 24.8 Å². The lowest BCUT2D eigenvalue weighted by Crippen LogP contribution is -2.47. The number of carbonyl (C=O) groups is 3. The molecule has 0 N–H and O–H groups in total. The maximum absolute atomic E-state index is 12.7. The van der Waals surface area contributed by atoms with Gasteiger partial charge in [-0.2, -0.15) is 5.10 Å². The number of likely N-dealkylation sites (tertiary alicyclic amines) is 1. The summed E-state index contributed by atoms with van der Waals surface area (Å²) >= 11 is 0. The van der Waals surface area contributed by atoms with Gasteiger partial charge in [0.1, 0.15) is 6.54 Å². The van der Waals surface area contributed by atoms with Gasteiger partial charge in [0, 0.05) is 31.8 Å². The van der Waals surface area contributed by atoms with E-state index in [0.29, 0.717) is 38.2 Å². The molecular weight excluding hydrogens is 412 g/mol. The molecule has 32 heavy (non-hydrogen) atoms. The van der Waals surface area contributed by atoms with Gasteiger partial charge in [-0.3, -0.25) is 19.2 Å². The minimum Gasteiger partial charge on any atom is -0.466 e. The van der Waals surface area contributed by atoms with E-state index >= 15 is 0 Å². The van der Waals surface area contributed by atoms with Gasteiger partial charge in [0.15, 0.2) is 0 Å². The Hall–Kier alpha value is -3.49. The largest absolute Gasteiger partial charge is 0.466 e. The Kier molecular flexibility index (Phi) is 7.75. The first-order chi connectivity index (χ1) is 15.4. The number of amides is 2. The van der Waals surface area contributed by atoms with Crippen LogP contribution in [0.2, 0.25) is 0 Å². The van der Waals surface area contributed by atoms with Gasteiger partial charge in [-0.05, 0) is 25.8 Å². The maximum Gasteiger partial charge on any atom is 0.310 e. The lowest BCUT2D eigenvalue weighted by molar-refractivity contribution is -0.152. The Balaban J connectivity index is 1.61. The van der Waals surface area contributed by atoms with Crippen molar-refractivity contribution in [1.82, 2.24) is 19.6 Å². The molecule has 0 spiro atoms. The fourth-order valence-corrected chi connectivity index (χ4v) is 3.62. The fourth-order valence-electron chi connectivity index (χ4n) is 3.62. The number of aromatic nitrogens is 2. The van der Waals surface area contributed by atoms with Gasteiger partial charge < -0.3 is 14.5 Å². The third kappa shape index (κ3) is 5.81. The van der Waals surface area contributed by atoms with Gasteiger partial charge in [0.25, 0.3) is 5.56 Å². The predicted molar refractivity (Wildman–Crippen MR) is 118 cm³/mol. The molecule has 1 aliphatic heterocycles. The SMILES string of the molecule is CCOC(=O)C1CCCN(C(=O)CN(C)C(=O)Cn2nc(-c3ccccc3)ccc2=O)C1. The van der Waals surface area contributed by atoms with E-state index in [1.807, 2.05) is 30.3 Å². The third-order valence-corrected chi connectivity index (χ3v) is 5.41. The van der Waals surface area contributed by atoms with Crippen LogP contribution in [0.15, 0.2) is 47.3 Å². The summed E-state index contributed by atoms with van der Waals surface area (Å²) in [6, 6.07) is 12.3. The van der Waals surface area contributed by atoms with Crippen molar-refractivity contribution in [3.05, 3.63) is 52.8 Å². The van der Waals surface area contributed by atoms with Gasteiger partial charge in [-0.25, -0.2) is 4.68 Å². The topological polar surface area (TPSA) is 102 Å². The van der Waals surface area contributed by atoms with E-state index in [-0.39, 0.29) is 30.9 Å². The van der Waals surface area contributed by atoms with Crippen molar-refractivity contribution in [2.45, 2.75) is 26.3 Å². The molecule has 0 bridgehead atoms. The van der Waals surface area contributed by atoms with Crippen LogP contribution in [0.1, 0.15) is 19.8 Å². The van der Waals surface area contributed by atoms with Gasteiger partial charge in [-0.15, -0.1) is 0 Å². The molecule has 1 aliphatic rings. The first-order valence-electron chi connectivity index (χ1n) is 10.7. The number of likely N-dealkylation sites (N-methyl/N-ethyl adjacent to an activating group) is 1. The zero-order valence-corrected chi connectivity index (χ0v) is 18.4. The zero-order chi connectivity index (χ0) is 23.1. The van der Waals surface area contributed by atoms with Gasteiger partial charge >= 0.3 is 5.97 Å². The summed E-state index contributed by atoms with van der Waals surface area (Å²) in [6.07, 6.45) is 1.39. The Morgan fingerprint density at radius 2 is 1.91 bits per heavy atom. The summed E-state index contributed by atoms with van der Waals surface area (Å²) in [7, 11) is 1.51. The maximum atomic E-state index is 12.7. The van der Waals surface area contributed by atoms with Crippen molar-refractivity contribution >= 4 is 17.8 Å². The number of nitrogens with zero attached hydrogens (tertiary/aromatic N) is 4. The minimum absolute atomic E-state index is 0.137. The molecule has 1 aromatic heterocycles. The zero-order valence-electron chi connectivity index (χ0n) is 18.4. The van der Waals surface area contributed by atoms with Gasteiger partial charge in [-0.1, -0.05) is 30.3 Å². The van der Waals surface area contributed by atoms with Crippen molar-refractivity contribution in [2.24, 2.45) is 5.92 Å². The molecule has 2 heterocycles. The monoisotopic (exact) mass is 440 g/mol. The van der Waals surface area contributed by atoms with E-state index in [4.69, 9.17) is 4.74 Å². The average Bonchev–Trinajstić information content (AvgIpc) is 2.81. The second kappa shape index (κ2) is 10.7. The van der Waals surface area contributed by atoms with E-state index in [9.17, 15) is 19.2 Å². The highest BCUT2D eigenvalue weighted by molar-refractivity contribution is 5.85. The smallest absolute Gasteiger partial charge is 0.310 e. The third-order valence-electron chi connectivity index (χ3n) is 5.41. The van der Waals surface area contributed by atoms with Crippen LogP contribution in [0.4, 0.5) is 0 Å². The highest BCUT2D eigenvalue weighted by Gasteiger charge is 2.30. The van der Waals surface area contributed by atoms with Crippen LogP contribution in [0.25, 0.3) is 11.3 Å². The number of hydrogen-bond acceptors (Lipinski definition) is 6. The van der Waals surface area contributed by atoms with Crippen molar-refractivity contribution in [2.75, 3.05) is 33.3 Å². The number of esters is 1. The summed E-state index contributed by atoms with van der Waals surface area (Å²) in [5, 5.41) is 4.29. The Morgan fingerprint density at radius 1 is 1.16 bits per heavy atom. The molecule has 1 atom stereocenters. The van der Waals surface area contributed by atoms with E-state index in [1.54, 1.807) is 17.9 Å². The number of carbonyl (C=O) groups excluding carboxylic acids is 3. The highest BCUT2D eigenvalue weighted by Crippen LogP contribution is 2.18. The second-order valence-electron chi connectivity index (χ2n) is 7.76. The van der Waals surface area contributed by atoms with Crippen LogP contribution in [-0.2, 0) is 25.7 Å². The minimum atomic E-state index is -0.405. The lowest BCUT2D eigenvalue weighted by atomic mass is 9.98. The first-order valence-corrected chi connectivity index (χ1v) is 10.7. The molecule has 3 rings (SSSR count). The molecule has 1 unspecified atom stereocenters. The highest BCUT2D eigenvalue weighted by atomic mass is 16.5. The molecule has 1 fully saturated rings. The average molecular weight is 441 g/mol. The van der Waals surface area contributed by atoms with Crippen molar-refractivity contribution < 1.29 is 19.1 Å². The number of hydrogen-bond donors (Lipinski definition) is 0. The van der Waals surface area contributed by atoms with E-state index in [2.05, 4.69) is 5.10 Å². The number of ether oxygens (including phenoxy) is 1. The van der Waals surface area contributed by atoms with Crippen LogP contribution < -0.4 is 5.56 Å². The Morgan fingerprint density at radius 3 is 2.62 bits per heavy atom. The summed E-state index contributed by atoms with van der Waals surface area (Å²) in [5.41, 5.74) is 1.01. The van der Waals surface area contributed by atoms with Gasteiger partial charge in [0.2, 0.25) is 11.8 Å². The molecule has 2 aromatic rings. The molecule has 2 amide bonds. The molecule has 0 aliphatic carbocycles. The van der Waals surface area contributed by atoms with Crippen LogP contribution in [-0.4, -0.2) is 70.7 Å². The van der Waals surface area contributed by atoms with Crippen LogP contribution in [0.5, 0.6) is 0 Å². The molecular formula is C23H28N4O5.